The van der Waals surface area contributed by atoms with Crippen LogP contribution in [0.15, 0.2) is 23.2 Å². The maximum absolute atomic E-state index is 6.16. The van der Waals surface area contributed by atoms with Crippen molar-refractivity contribution >= 4 is 11.6 Å². The number of anilines is 1. The lowest BCUT2D eigenvalue weighted by atomic mass is 9.86. The average Bonchev–Trinajstić information content (AvgIpc) is 3.05. The van der Waals surface area contributed by atoms with Crippen LogP contribution in [0.1, 0.15) is 32.6 Å². The molecule has 0 aromatic heterocycles. The van der Waals surface area contributed by atoms with E-state index in [0.29, 0.717) is 30.6 Å². The summed E-state index contributed by atoms with van der Waals surface area (Å²) in [6.45, 7) is 3.33. The van der Waals surface area contributed by atoms with Crippen molar-refractivity contribution in [3.63, 3.8) is 0 Å². The molecule has 1 heterocycles. The fraction of sp³-hybridized carbons (Fsp3) is 0.632. The summed E-state index contributed by atoms with van der Waals surface area (Å²) in [4.78, 5) is 4.40. The van der Waals surface area contributed by atoms with Gasteiger partial charge in [-0.25, -0.2) is 0 Å². The monoisotopic (exact) mass is 363 g/mol. The molecule has 0 bridgehead atoms. The Labute approximate surface area is 154 Å². The summed E-state index contributed by atoms with van der Waals surface area (Å²) in [5.74, 6) is 1.99. The number of guanidine groups is 1. The highest BCUT2D eigenvalue weighted by atomic mass is 16.7. The van der Waals surface area contributed by atoms with Crippen LogP contribution in [0.5, 0.6) is 11.5 Å². The summed E-state index contributed by atoms with van der Waals surface area (Å²) >= 11 is 0. The third-order valence-corrected chi connectivity index (χ3v) is 5.07. The first kappa shape index (κ1) is 18.8. The van der Waals surface area contributed by atoms with Crippen molar-refractivity contribution < 1.29 is 18.9 Å². The van der Waals surface area contributed by atoms with Crippen molar-refractivity contribution in [2.24, 2.45) is 16.6 Å². The number of ether oxygens (including phenoxy) is 4. The minimum Gasteiger partial charge on any atom is -0.493 e. The van der Waals surface area contributed by atoms with Gasteiger partial charge in [-0.3, -0.25) is 4.99 Å². The molecule has 1 unspecified atom stereocenters. The van der Waals surface area contributed by atoms with Gasteiger partial charge >= 0.3 is 0 Å². The van der Waals surface area contributed by atoms with E-state index in [9.17, 15) is 0 Å². The van der Waals surface area contributed by atoms with Gasteiger partial charge in [-0.05, 0) is 30.9 Å². The van der Waals surface area contributed by atoms with Gasteiger partial charge in [0.25, 0.3) is 0 Å². The van der Waals surface area contributed by atoms with Crippen molar-refractivity contribution in [1.82, 2.24) is 0 Å². The van der Waals surface area contributed by atoms with Gasteiger partial charge in [0.05, 0.1) is 27.4 Å². The standard InChI is InChI=1S/C19H29N3O4/c1-13-6-8-19(9-7-13)25-12-15(26-19)11-21-18(20)22-14-4-5-16(23-2)17(10-14)24-3/h4-5,10,13,15H,6-9,11-12H2,1-3H3,(H3,20,21,22). The van der Waals surface area contributed by atoms with Crippen LogP contribution in [-0.2, 0) is 9.47 Å². The summed E-state index contributed by atoms with van der Waals surface area (Å²) < 4.78 is 22.6. The van der Waals surface area contributed by atoms with Gasteiger partial charge in [0.2, 0.25) is 0 Å². The molecule has 1 aliphatic carbocycles. The van der Waals surface area contributed by atoms with Gasteiger partial charge in [-0.2, -0.15) is 0 Å². The lowest BCUT2D eigenvalue weighted by Crippen LogP contribution is -2.35. The van der Waals surface area contributed by atoms with Crippen LogP contribution in [-0.4, -0.2) is 45.2 Å². The molecule has 2 aliphatic rings. The number of aliphatic imine (C=N–C) groups is 1. The molecule has 7 nitrogen and oxygen atoms in total. The second-order valence-electron chi connectivity index (χ2n) is 7.06. The molecular weight excluding hydrogens is 334 g/mol. The zero-order chi connectivity index (χ0) is 18.6. The van der Waals surface area contributed by atoms with Gasteiger partial charge in [-0.15, -0.1) is 0 Å². The quantitative estimate of drug-likeness (QED) is 0.618. The van der Waals surface area contributed by atoms with Gasteiger partial charge in [0, 0.05) is 24.6 Å². The molecule has 1 atom stereocenters. The Hall–Kier alpha value is -1.99. The van der Waals surface area contributed by atoms with Crippen molar-refractivity contribution in [1.29, 1.82) is 0 Å². The second-order valence-corrected chi connectivity index (χ2v) is 7.06. The zero-order valence-electron chi connectivity index (χ0n) is 15.8. The zero-order valence-corrected chi connectivity index (χ0v) is 15.8. The highest BCUT2D eigenvalue weighted by molar-refractivity contribution is 5.92. The van der Waals surface area contributed by atoms with Gasteiger partial charge in [0.15, 0.2) is 23.2 Å². The highest BCUT2D eigenvalue weighted by Crippen LogP contribution is 2.39. The van der Waals surface area contributed by atoms with E-state index in [1.54, 1.807) is 14.2 Å². The van der Waals surface area contributed by atoms with Gasteiger partial charge in [-0.1, -0.05) is 6.92 Å². The van der Waals surface area contributed by atoms with Crippen LogP contribution < -0.4 is 20.5 Å². The number of methoxy groups -OCH3 is 2. The summed E-state index contributed by atoms with van der Waals surface area (Å²) in [5, 5.41) is 3.06. The van der Waals surface area contributed by atoms with Crippen LogP contribution in [0.3, 0.4) is 0 Å². The van der Waals surface area contributed by atoms with Crippen molar-refractivity contribution in [2.45, 2.75) is 44.5 Å². The van der Waals surface area contributed by atoms with Crippen molar-refractivity contribution in [2.75, 3.05) is 32.7 Å². The molecule has 1 aliphatic heterocycles. The molecule has 26 heavy (non-hydrogen) atoms. The van der Waals surface area contributed by atoms with Crippen molar-refractivity contribution in [3.8, 4) is 11.5 Å². The Morgan fingerprint density at radius 1 is 1.27 bits per heavy atom. The van der Waals surface area contributed by atoms with E-state index in [1.807, 2.05) is 18.2 Å². The summed E-state index contributed by atoms with van der Waals surface area (Å²) in [5.41, 5.74) is 6.79. The Morgan fingerprint density at radius 2 is 2.00 bits per heavy atom. The van der Waals surface area contributed by atoms with E-state index in [4.69, 9.17) is 24.7 Å². The second kappa shape index (κ2) is 8.14. The largest absolute Gasteiger partial charge is 0.493 e. The number of nitrogens with zero attached hydrogens (tertiary/aromatic N) is 1. The molecule has 3 rings (SSSR count). The number of nitrogens with one attached hydrogen (secondary N) is 1. The Bertz CT molecular complexity index is 642. The van der Waals surface area contributed by atoms with Crippen molar-refractivity contribution in [3.05, 3.63) is 18.2 Å². The normalized spacial score (nSPS) is 29.0. The van der Waals surface area contributed by atoms with E-state index < -0.39 is 5.79 Å². The number of hydrogen-bond donors (Lipinski definition) is 2. The maximum Gasteiger partial charge on any atom is 0.193 e. The highest BCUT2D eigenvalue weighted by Gasteiger charge is 2.43. The lowest BCUT2D eigenvalue weighted by molar-refractivity contribution is -0.190. The lowest BCUT2D eigenvalue weighted by Gasteiger charge is -2.34. The molecular formula is C19H29N3O4. The number of nitrogens with two attached hydrogens (primary N) is 1. The minimum absolute atomic E-state index is 0.0471. The first-order valence-electron chi connectivity index (χ1n) is 9.14. The molecule has 0 amide bonds. The third kappa shape index (κ3) is 4.40. The topological polar surface area (TPSA) is 87.3 Å². The van der Waals surface area contributed by atoms with Crippen LogP contribution in [0.2, 0.25) is 0 Å². The Balaban J connectivity index is 1.53. The molecule has 1 spiro atoms. The Kier molecular flexibility index (Phi) is 5.88. The predicted molar refractivity (Wildman–Crippen MR) is 101 cm³/mol. The molecule has 7 heteroatoms. The molecule has 1 aromatic carbocycles. The molecule has 1 aromatic rings. The first-order valence-corrected chi connectivity index (χ1v) is 9.14. The summed E-state index contributed by atoms with van der Waals surface area (Å²) in [6.07, 6.45) is 4.19. The summed E-state index contributed by atoms with van der Waals surface area (Å²) in [7, 11) is 3.20. The smallest absolute Gasteiger partial charge is 0.193 e. The van der Waals surface area contributed by atoms with Crippen LogP contribution in [0.25, 0.3) is 0 Å². The number of benzene rings is 1. The molecule has 1 saturated heterocycles. The maximum atomic E-state index is 6.16. The number of hydrogen-bond acceptors (Lipinski definition) is 5. The average molecular weight is 363 g/mol. The van der Waals surface area contributed by atoms with Gasteiger partial charge in [0.1, 0.15) is 6.10 Å². The Morgan fingerprint density at radius 3 is 2.69 bits per heavy atom. The molecule has 0 radical (unpaired) electrons. The molecule has 3 N–H and O–H groups in total. The molecule has 1 saturated carbocycles. The SMILES string of the molecule is COc1ccc(NC(N)=NCC2COC3(CCC(C)CC3)O2)cc1OC. The van der Waals surface area contributed by atoms with E-state index in [-0.39, 0.29) is 6.10 Å². The third-order valence-electron chi connectivity index (χ3n) is 5.07. The van der Waals surface area contributed by atoms with Crippen LogP contribution in [0.4, 0.5) is 5.69 Å². The molecule has 2 fully saturated rings. The number of rotatable bonds is 5. The fourth-order valence-corrected chi connectivity index (χ4v) is 3.47. The van der Waals surface area contributed by atoms with Crippen LogP contribution in [0, 0.1) is 5.92 Å². The molecule has 144 valence electrons. The van der Waals surface area contributed by atoms with E-state index in [1.165, 1.54) is 0 Å². The van der Waals surface area contributed by atoms with E-state index >= 15 is 0 Å². The minimum atomic E-state index is -0.391. The summed E-state index contributed by atoms with van der Waals surface area (Å²) in [6, 6.07) is 5.49. The first-order chi connectivity index (χ1) is 12.5. The fourth-order valence-electron chi connectivity index (χ4n) is 3.47. The van der Waals surface area contributed by atoms with Gasteiger partial charge < -0.3 is 30.0 Å². The predicted octanol–water partition coefficient (Wildman–Crippen LogP) is 2.75. The van der Waals surface area contributed by atoms with E-state index in [2.05, 4.69) is 17.2 Å². The van der Waals surface area contributed by atoms with E-state index in [0.717, 1.165) is 37.3 Å². The van der Waals surface area contributed by atoms with Crippen LogP contribution >= 0.6 is 0 Å².